The molecule has 0 saturated heterocycles. The SMILES string of the molecule is CC1CC(C(F)(F)F)=NN1c1ccc(F)c(C#N)c1. The first kappa shape index (κ1) is 13.3. The number of nitrogens with zero attached hydrogens (tertiary/aromatic N) is 3. The second-order valence-electron chi connectivity index (χ2n) is 4.22. The number of hydrazone groups is 1. The number of rotatable bonds is 1. The van der Waals surface area contributed by atoms with Gasteiger partial charge in [-0.3, -0.25) is 5.01 Å². The summed E-state index contributed by atoms with van der Waals surface area (Å²) >= 11 is 0. The fourth-order valence-corrected chi connectivity index (χ4v) is 1.86. The van der Waals surface area contributed by atoms with Gasteiger partial charge in [-0.2, -0.15) is 23.5 Å². The summed E-state index contributed by atoms with van der Waals surface area (Å²) in [5, 5.41) is 13.4. The molecule has 3 nitrogen and oxygen atoms in total. The minimum absolute atomic E-state index is 0.222. The molecule has 7 heteroatoms. The van der Waals surface area contributed by atoms with Crippen LogP contribution in [0.3, 0.4) is 0 Å². The minimum Gasteiger partial charge on any atom is -0.262 e. The van der Waals surface area contributed by atoms with Gasteiger partial charge < -0.3 is 0 Å². The van der Waals surface area contributed by atoms with E-state index < -0.39 is 23.7 Å². The first-order valence-electron chi connectivity index (χ1n) is 5.46. The molecule has 1 unspecified atom stereocenters. The van der Waals surface area contributed by atoms with Gasteiger partial charge in [-0.05, 0) is 25.1 Å². The van der Waals surface area contributed by atoms with Crippen molar-refractivity contribution in [3.63, 3.8) is 0 Å². The Labute approximate surface area is 106 Å². The molecule has 1 aliphatic heterocycles. The lowest BCUT2D eigenvalue weighted by molar-refractivity contribution is -0.0600. The van der Waals surface area contributed by atoms with E-state index in [9.17, 15) is 17.6 Å². The highest BCUT2D eigenvalue weighted by molar-refractivity contribution is 5.93. The molecule has 0 fully saturated rings. The molecule has 0 amide bonds. The molecule has 1 aromatic carbocycles. The molecule has 19 heavy (non-hydrogen) atoms. The first-order chi connectivity index (χ1) is 8.82. The molecule has 0 aromatic heterocycles. The van der Waals surface area contributed by atoms with Crippen molar-refractivity contribution in [2.75, 3.05) is 5.01 Å². The number of alkyl halides is 3. The fourth-order valence-electron chi connectivity index (χ4n) is 1.86. The molecule has 100 valence electrons. The van der Waals surface area contributed by atoms with Crippen molar-refractivity contribution in [2.45, 2.75) is 25.6 Å². The highest BCUT2D eigenvalue weighted by Crippen LogP contribution is 2.31. The Balaban J connectivity index is 2.38. The maximum Gasteiger partial charge on any atom is 0.431 e. The number of anilines is 1. The highest BCUT2D eigenvalue weighted by Gasteiger charge is 2.41. The Morgan fingerprint density at radius 3 is 2.63 bits per heavy atom. The summed E-state index contributed by atoms with van der Waals surface area (Å²) in [4.78, 5) is 0. The van der Waals surface area contributed by atoms with Crippen molar-refractivity contribution < 1.29 is 17.6 Å². The van der Waals surface area contributed by atoms with Gasteiger partial charge in [-0.15, -0.1) is 0 Å². The van der Waals surface area contributed by atoms with Crippen LogP contribution in [-0.4, -0.2) is 17.9 Å². The predicted octanol–water partition coefficient (Wildman–Crippen LogP) is 3.21. The molecule has 1 atom stereocenters. The minimum atomic E-state index is -4.47. The number of hydrogen-bond acceptors (Lipinski definition) is 3. The molecule has 1 aliphatic rings. The van der Waals surface area contributed by atoms with E-state index in [0.717, 1.165) is 11.1 Å². The average molecular weight is 271 g/mol. The van der Waals surface area contributed by atoms with Crippen LogP contribution in [0.15, 0.2) is 23.3 Å². The van der Waals surface area contributed by atoms with Crippen LogP contribution in [-0.2, 0) is 0 Å². The van der Waals surface area contributed by atoms with Crippen LogP contribution in [0.25, 0.3) is 0 Å². The maximum absolute atomic E-state index is 13.2. The van der Waals surface area contributed by atoms with Crippen LogP contribution in [0.1, 0.15) is 18.9 Å². The third kappa shape index (κ3) is 2.52. The molecule has 2 rings (SSSR count). The Kier molecular flexibility index (Phi) is 3.18. The lowest BCUT2D eigenvalue weighted by Crippen LogP contribution is -2.24. The monoisotopic (exact) mass is 271 g/mol. The van der Waals surface area contributed by atoms with Gasteiger partial charge in [0.15, 0.2) is 0 Å². The molecule has 0 N–H and O–H groups in total. The molecule has 0 bridgehead atoms. The first-order valence-corrected chi connectivity index (χ1v) is 5.46. The molecule has 0 aliphatic carbocycles. The third-order valence-electron chi connectivity index (χ3n) is 2.80. The Bertz CT molecular complexity index is 571. The standard InChI is InChI=1S/C12H9F4N3/c1-7-4-11(12(14,15)16)18-19(7)9-2-3-10(13)8(5-9)6-17/h2-3,5,7H,4H2,1H3. The number of hydrogen-bond donors (Lipinski definition) is 0. The van der Waals surface area contributed by atoms with E-state index in [-0.39, 0.29) is 17.7 Å². The fraction of sp³-hybridized carbons (Fsp3) is 0.333. The van der Waals surface area contributed by atoms with Crippen molar-refractivity contribution >= 4 is 11.4 Å². The van der Waals surface area contributed by atoms with E-state index in [1.165, 1.54) is 12.1 Å². The van der Waals surface area contributed by atoms with Crippen LogP contribution in [0.4, 0.5) is 23.2 Å². The van der Waals surface area contributed by atoms with Gasteiger partial charge in [0.1, 0.15) is 17.6 Å². The van der Waals surface area contributed by atoms with Gasteiger partial charge in [-0.25, -0.2) is 4.39 Å². The van der Waals surface area contributed by atoms with Gasteiger partial charge in [0.05, 0.1) is 17.3 Å². The molecule has 1 heterocycles. The zero-order chi connectivity index (χ0) is 14.2. The summed E-state index contributed by atoms with van der Waals surface area (Å²) in [6.07, 6.45) is -4.70. The van der Waals surface area contributed by atoms with Crippen LogP contribution < -0.4 is 5.01 Å². The molecular weight excluding hydrogens is 262 g/mol. The second kappa shape index (κ2) is 4.53. The molecule has 0 spiro atoms. The summed E-state index contributed by atoms with van der Waals surface area (Å²) in [5.74, 6) is -0.710. The van der Waals surface area contributed by atoms with Crippen LogP contribution in [0.2, 0.25) is 0 Å². The lowest BCUT2D eigenvalue weighted by Gasteiger charge is -2.20. The van der Waals surface area contributed by atoms with E-state index in [1.807, 2.05) is 0 Å². The maximum atomic E-state index is 13.2. The smallest absolute Gasteiger partial charge is 0.262 e. The van der Waals surface area contributed by atoms with Crippen LogP contribution >= 0.6 is 0 Å². The molecule has 0 radical (unpaired) electrons. The number of halogens is 4. The Hall–Kier alpha value is -2.10. The summed E-state index contributed by atoms with van der Waals surface area (Å²) in [7, 11) is 0. The lowest BCUT2D eigenvalue weighted by atomic mass is 10.1. The van der Waals surface area contributed by atoms with Gasteiger partial charge in [0.25, 0.3) is 0 Å². The highest BCUT2D eigenvalue weighted by atomic mass is 19.4. The summed E-state index contributed by atoms with van der Waals surface area (Å²) in [6.45, 7) is 1.58. The quantitative estimate of drug-likeness (QED) is 0.736. The van der Waals surface area contributed by atoms with E-state index in [2.05, 4.69) is 5.10 Å². The summed E-state index contributed by atoms with van der Waals surface area (Å²) in [5.41, 5.74) is -0.826. The van der Waals surface area contributed by atoms with Crippen molar-refractivity contribution in [1.82, 2.24) is 0 Å². The van der Waals surface area contributed by atoms with Gasteiger partial charge in [0.2, 0.25) is 0 Å². The average Bonchev–Trinajstić information content (AvgIpc) is 2.72. The van der Waals surface area contributed by atoms with Crippen molar-refractivity contribution in [1.29, 1.82) is 5.26 Å². The topological polar surface area (TPSA) is 39.4 Å². The van der Waals surface area contributed by atoms with Crippen molar-refractivity contribution in [3.8, 4) is 6.07 Å². The van der Waals surface area contributed by atoms with Gasteiger partial charge in [0, 0.05) is 6.42 Å². The molecule has 1 aromatic rings. The number of nitriles is 1. The van der Waals surface area contributed by atoms with Gasteiger partial charge >= 0.3 is 6.18 Å². The summed E-state index contributed by atoms with van der Waals surface area (Å²) < 4.78 is 50.9. The van der Waals surface area contributed by atoms with Crippen LogP contribution in [0.5, 0.6) is 0 Å². The Morgan fingerprint density at radius 2 is 2.11 bits per heavy atom. The normalized spacial score (nSPS) is 19.3. The van der Waals surface area contributed by atoms with E-state index in [1.54, 1.807) is 13.0 Å². The van der Waals surface area contributed by atoms with Gasteiger partial charge in [-0.1, -0.05) is 0 Å². The summed E-state index contributed by atoms with van der Waals surface area (Å²) in [6, 6.07) is 4.68. The van der Waals surface area contributed by atoms with E-state index in [4.69, 9.17) is 5.26 Å². The second-order valence-corrected chi connectivity index (χ2v) is 4.22. The molecule has 0 saturated carbocycles. The predicted molar refractivity (Wildman–Crippen MR) is 61.2 cm³/mol. The van der Waals surface area contributed by atoms with E-state index >= 15 is 0 Å². The van der Waals surface area contributed by atoms with Crippen LogP contribution in [0, 0.1) is 17.1 Å². The zero-order valence-corrected chi connectivity index (χ0v) is 9.87. The third-order valence-corrected chi connectivity index (χ3v) is 2.80. The number of benzene rings is 1. The molecular formula is C12H9F4N3. The van der Waals surface area contributed by atoms with Crippen molar-refractivity contribution in [2.24, 2.45) is 5.10 Å². The van der Waals surface area contributed by atoms with Crippen molar-refractivity contribution in [3.05, 3.63) is 29.6 Å². The Morgan fingerprint density at radius 1 is 1.42 bits per heavy atom. The zero-order valence-electron chi connectivity index (χ0n) is 9.87. The van der Waals surface area contributed by atoms with E-state index in [0.29, 0.717) is 0 Å². The largest absolute Gasteiger partial charge is 0.431 e.